The Morgan fingerprint density at radius 1 is 1.19 bits per heavy atom. The highest BCUT2D eigenvalue weighted by Crippen LogP contribution is 2.33. The molecule has 108 valence electrons. The number of anilines is 1. The standard InChI is InChI=1S/C14H14ClN5O/c1-7-4-9(15)5-8(2)11(7)21-13-10-6-17-20-12(10)18-14(16-3)19-13/h4-6H,1-3H3,(H2,16,17,18,19,20). The maximum absolute atomic E-state index is 6.04. The Balaban J connectivity index is 2.11. The number of halogens is 1. The van der Waals surface area contributed by atoms with Crippen molar-refractivity contribution in [3.8, 4) is 11.6 Å². The van der Waals surface area contributed by atoms with Crippen LogP contribution in [0.4, 0.5) is 5.95 Å². The third-order valence-corrected chi connectivity index (χ3v) is 3.34. The van der Waals surface area contributed by atoms with Gasteiger partial charge < -0.3 is 10.1 Å². The minimum atomic E-state index is 0.451. The van der Waals surface area contributed by atoms with Crippen LogP contribution in [-0.2, 0) is 0 Å². The highest BCUT2D eigenvalue weighted by atomic mass is 35.5. The van der Waals surface area contributed by atoms with E-state index in [1.807, 2.05) is 26.0 Å². The molecular weight excluding hydrogens is 290 g/mol. The molecular formula is C14H14ClN5O. The van der Waals surface area contributed by atoms with Crippen LogP contribution in [0.1, 0.15) is 11.1 Å². The van der Waals surface area contributed by atoms with Gasteiger partial charge in [0.1, 0.15) is 11.1 Å². The molecule has 3 rings (SSSR count). The summed E-state index contributed by atoms with van der Waals surface area (Å²) >= 11 is 6.04. The van der Waals surface area contributed by atoms with Gasteiger partial charge in [-0.15, -0.1) is 0 Å². The van der Waals surface area contributed by atoms with Crippen LogP contribution in [0.3, 0.4) is 0 Å². The Bertz CT molecular complexity index is 791. The van der Waals surface area contributed by atoms with E-state index in [0.717, 1.165) is 22.3 Å². The van der Waals surface area contributed by atoms with Crippen molar-refractivity contribution < 1.29 is 4.74 Å². The first kappa shape index (κ1) is 13.6. The second-order valence-electron chi connectivity index (χ2n) is 4.71. The van der Waals surface area contributed by atoms with Crippen molar-refractivity contribution >= 4 is 28.6 Å². The van der Waals surface area contributed by atoms with Gasteiger partial charge >= 0.3 is 0 Å². The van der Waals surface area contributed by atoms with Gasteiger partial charge in [0, 0.05) is 12.1 Å². The molecule has 0 unspecified atom stereocenters. The van der Waals surface area contributed by atoms with Crippen molar-refractivity contribution in [1.29, 1.82) is 0 Å². The number of aryl methyl sites for hydroxylation is 2. The number of hydrogen-bond acceptors (Lipinski definition) is 5. The lowest BCUT2D eigenvalue weighted by Gasteiger charge is -2.12. The van der Waals surface area contributed by atoms with E-state index in [4.69, 9.17) is 16.3 Å². The topological polar surface area (TPSA) is 75.7 Å². The number of nitrogens with zero attached hydrogens (tertiary/aromatic N) is 3. The first-order valence-corrected chi connectivity index (χ1v) is 6.79. The fourth-order valence-electron chi connectivity index (χ4n) is 2.15. The van der Waals surface area contributed by atoms with E-state index in [1.165, 1.54) is 0 Å². The van der Waals surface area contributed by atoms with Crippen LogP contribution in [-0.4, -0.2) is 27.2 Å². The molecule has 0 fully saturated rings. The van der Waals surface area contributed by atoms with Crippen LogP contribution >= 0.6 is 11.6 Å². The number of aromatic nitrogens is 4. The van der Waals surface area contributed by atoms with E-state index in [1.54, 1.807) is 13.2 Å². The predicted octanol–water partition coefficient (Wildman–Crippen LogP) is 3.46. The first-order valence-electron chi connectivity index (χ1n) is 6.42. The lowest BCUT2D eigenvalue weighted by atomic mass is 10.1. The van der Waals surface area contributed by atoms with Crippen LogP contribution < -0.4 is 10.1 Å². The van der Waals surface area contributed by atoms with E-state index in [2.05, 4.69) is 25.5 Å². The lowest BCUT2D eigenvalue weighted by Crippen LogP contribution is -2.00. The van der Waals surface area contributed by atoms with E-state index >= 15 is 0 Å². The zero-order valence-electron chi connectivity index (χ0n) is 11.9. The molecule has 2 heterocycles. The van der Waals surface area contributed by atoms with Crippen LogP contribution in [0.5, 0.6) is 11.6 Å². The summed E-state index contributed by atoms with van der Waals surface area (Å²) in [5.74, 6) is 1.65. The molecule has 7 heteroatoms. The summed E-state index contributed by atoms with van der Waals surface area (Å²) < 4.78 is 6.00. The van der Waals surface area contributed by atoms with Crippen molar-refractivity contribution in [2.45, 2.75) is 13.8 Å². The highest BCUT2D eigenvalue weighted by Gasteiger charge is 2.14. The molecule has 0 saturated heterocycles. The first-order chi connectivity index (χ1) is 10.1. The maximum Gasteiger partial charge on any atom is 0.235 e. The van der Waals surface area contributed by atoms with Crippen molar-refractivity contribution in [3.05, 3.63) is 34.5 Å². The number of ether oxygens (including phenoxy) is 1. The molecule has 0 aliphatic heterocycles. The summed E-state index contributed by atoms with van der Waals surface area (Å²) in [5.41, 5.74) is 2.51. The van der Waals surface area contributed by atoms with Crippen LogP contribution in [0.15, 0.2) is 18.3 Å². The average Bonchev–Trinajstić information content (AvgIpc) is 2.90. The minimum absolute atomic E-state index is 0.451. The summed E-state index contributed by atoms with van der Waals surface area (Å²) in [6.45, 7) is 3.89. The van der Waals surface area contributed by atoms with Gasteiger partial charge in [-0.05, 0) is 37.1 Å². The number of H-pyrrole nitrogens is 1. The van der Waals surface area contributed by atoms with Crippen molar-refractivity contribution in [2.75, 3.05) is 12.4 Å². The molecule has 3 aromatic rings. The zero-order valence-corrected chi connectivity index (χ0v) is 12.6. The van der Waals surface area contributed by atoms with E-state index in [-0.39, 0.29) is 0 Å². The Hall–Kier alpha value is -2.34. The second kappa shape index (κ2) is 5.21. The van der Waals surface area contributed by atoms with Crippen molar-refractivity contribution in [3.63, 3.8) is 0 Å². The van der Waals surface area contributed by atoms with Crippen LogP contribution in [0.25, 0.3) is 11.0 Å². The Labute approximate surface area is 126 Å². The second-order valence-corrected chi connectivity index (χ2v) is 5.14. The van der Waals surface area contributed by atoms with E-state index in [9.17, 15) is 0 Å². The zero-order chi connectivity index (χ0) is 15.0. The monoisotopic (exact) mass is 303 g/mol. The molecule has 0 bridgehead atoms. The Kier molecular flexibility index (Phi) is 3.39. The molecule has 0 atom stereocenters. The van der Waals surface area contributed by atoms with Gasteiger partial charge in [-0.25, -0.2) is 0 Å². The molecule has 0 spiro atoms. The predicted molar refractivity (Wildman–Crippen MR) is 82.2 cm³/mol. The highest BCUT2D eigenvalue weighted by molar-refractivity contribution is 6.30. The summed E-state index contributed by atoms with van der Waals surface area (Å²) in [4.78, 5) is 8.63. The van der Waals surface area contributed by atoms with E-state index < -0.39 is 0 Å². The number of fused-ring (bicyclic) bond motifs is 1. The number of hydrogen-bond donors (Lipinski definition) is 2. The Morgan fingerprint density at radius 2 is 1.90 bits per heavy atom. The van der Waals surface area contributed by atoms with Gasteiger partial charge in [-0.3, -0.25) is 5.10 Å². The quantitative estimate of drug-likeness (QED) is 0.775. The molecule has 0 amide bonds. The molecule has 0 radical (unpaired) electrons. The molecule has 1 aromatic carbocycles. The average molecular weight is 304 g/mol. The van der Waals surface area contributed by atoms with Crippen LogP contribution in [0.2, 0.25) is 5.02 Å². The number of benzene rings is 1. The fourth-order valence-corrected chi connectivity index (χ4v) is 2.48. The van der Waals surface area contributed by atoms with Gasteiger partial charge in [0.2, 0.25) is 11.8 Å². The Morgan fingerprint density at radius 3 is 2.57 bits per heavy atom. The SMILES string of the molecule is CNc1nc(Oc2c(C)cc(Cl)cc2C)c2cn[nH]c2n1. The summed E-state index contributed by atoms with van der Waals surface area (Å²) in [7, 11) is 1.75. The van der Waals surface area contributed by atoms with Gasteiger partial charge in [-0.1, -0.05) is 11.6 Å². The van der Waals surface area contributed by atoms with Gasteiger partial charge in [0.05, 0.1) is 6.20 Å². The molecule has 6 nitrogen and oxygen atoms in total. The largest absolute Gasteiger partial charge is 0.437 e. The fraction of sp³-hybridized carbons (Fsp3) is 0.214. The molecule has 2 aromatic heterocycles. The molecule has 0 saturated carbocycles. The van der Waals surface area contributed by atoms with Gasteiger partial charge in [-0.2, -0.15) is 15.1 Å². The third kappa shape index (κ3) is 2.50. The van der Waals surface area contributed by atoms with Gasteiger partial charge in [0.25, 0.3) is 0 Å². The molecule has 21 heavy (non-hydrogen) atoms. The normalized spacial score (nSPS) is 10.9. The molecule has 2 N–H and O–H groups in total. The number of nitrogens with one attached hydrogen (secondary N) is 2. The van der Waals surface area contributed by atoms with Crippen molar-refractivity contribution in [2.24, 2.45) is 0 Å². The summed E-state index contributed by atoms with van der Waals surface area (Å²) in [5, 5.41) is 11.1. The number of rotatable bonds is 3. The summed E-state index contributed by atoms with van der Waals surface area (Å²) in [6, 6.07) is 3.72. The van der Waals surface area contributed by atoms with Crippen LogP contribution in [0, 0.1) is 13.8 Å². The lowest BCUT2D eigenvalue weighted by molar-refractivity contribution is 0.462. The number of aromatic amines is 1. The molecule has 0 aliphatic rings. The van der Waals surface area contributed by atoms with E-state index in [0.29, 0.717) is 22.5 Å². The molecule has 0 aliphatic carbocycles. The summed E-state index contributed by atoms with van der Waals surface area (Å²) in [6.07, 6.45) is 1.64. The van der Waals surface area contributed by atoms with Gasteiger partial charge in [0.15, 0.2) is 5.65 Å². The van der Waals surface area contributed by atoms with Crippen molar-refractivity contribution in [1.82, 2.24) is 20.2 Å². The smallest absolute Gasteiger partial charge is 0.235 e. The third-order valence-electron chi connectivity index (χ3n) is 3.12. The minimum Gasteiger partial charge on any atom is -0.437 e. The maximum atomic E-state index is 6.04.